The van der Waals surface area contributed by atoms with Gasteiger partial charge in [0.15, 0.2) is 0 Å². The number of ether oxygens (including phenoxy) is 1. The first-order valence-electron chi connectivity index (χ1n) is 11.0. The maximum atomic E-state index is 11.0. The van der Waals surface area contributed by atoms with E-state index >= 15 is 0 Å². The molecule has 0 amide bonds. The number of rotatable bonds is 6. The largest absolute Gasteiger partial charge is 0.508 e. The van der Waals surface area contributed by atoms with Crippen LogP contribution < -0.4 is 4.74 Å². The van der Waals surface area contributed by atoms with E-state index in [9.17, 15) is 5.11 Å². The number of unbranched alkanes of at least 4 members (excludes halogenated alkanes) is 2. The first-order valence-corrected chi connectivity index (χ1v) is 11.0. The zero-order valence-corrected chi connectivity index (χ0v) is 18.1. The van der Waals surface area contributed by atoms with Crippen molar-refractivity contribution in [3.8, 4) is 11.5 Å². The fraction of sp³-hybridized carbons (Fsp3) is 0.680. The van der Waals surface area contributed by atoms with Gasteiger partial charge < -0.3 is 9.84 Å². The van der Waals surface area contributed by atoms with E-state index in [1.807, 2.05) is 6.07 Å². The van der Waals surface area contributed by atoms with Crippen molar-refractivity contribution in [2.75, 3.05) is 0 Å². The Morgan fingerprint density at radius 2 is 1.96 bits per heavy atom. The lowest BCUT2D eigenvalue weighted by atomic mass is 9.67. The molecule has 1 aromatic rings. The van der Waals surface area contributed by atoms with E-state index in [0.717, 1.165) is 24.2 Å². The van der Waals surface area contributed by atoms with Gasteiger partial charge in [0.2, 0.25) is 0 Å². The lowest BCUT2D eigenvalue weighted by Gasteiger charge is -2.47. The van der Waals surface area contributed by atoms with Crippen LogP contribution in [-0.4, -0.2) is 10.7 Å². The summed E-state index contributed by atoms with van der Waals surface area (Å²) < 4.78 is 6.48. The molecule has 0 aromatic heterocycles. The van der Waals surface area contributed by atoms with Crippen molar-refractivity contribution in [3.05, 3.63) is 34.9 Å². The minimum atomic E-state index is -0.199. The second-order valence-corrected chi connectivity index (χ2v) is 9.62. The van der Waals surface area contributed by atoms with Gasteiger partial charge in [-0.3, -0.25) is 0 Å². The van der Waals surface area contributed by atoms with Gasteiger partial charge in [-0.2, -0.15) is 0 Å². The summed E-state index contributed by atoms with van der Waals surface area (Å²) in [6.07, 6.45) is 9.52. The molecule has 2 heteroatoms. The number of phenols is 1. The predicted molar refractivity (Wildman–Crippen MR) is 114 cm³/mol. The van der Waals surface area contributed by atoms with Crippen LogP contribution in [0.2, 0.25) is 0 Å². The molecule has 0 fully saturated rings. The standard InChI is InChI=1S/C25H38O2/c1-7-8-9-10-17(3)18(4)19-14-22(26)24-20-13-16(2)11-12-21(20)25(5,6)27-23(24)15-19/h11,14-15,17-18,20-21,26H,7-10,12-13H2,1-6H3/t17-,18+,20-,21?/m1/s1. The summed E-state index contributed by atoms with van der Waals surface area (Å²) in [4.78, 5) is 0. The molecule has 150 valence electrons. The molecule has 27 heavy (non-hydrogen) atoms. The Hall–Kier alpha value is -1.44. The zero-order valence-electron chi connectivity index (χ0n) is 18.1. The zero-order chi connectivity index (χ0) is 19.8. The van der Waals surface area contributed by atoms with Gasteiger partial charge in [0, 0.05) is 17.4 Å². The van der Waals surface area contributed by atoms with Gasteiger partial charge in [0.25, 0.3) is 0 Å². The van der Waals surface area contributed by atoms with Crippen LogP contribution in [-0.2, 0) is 0 Å². The topological polar surface area (TPSA) is 29.5 Å². The van der Waals surface area contributed by atoms with Crippen LogP contribution in [0.4, 0.5) is 0 Å². The second-order valence-electron chi connectivity index (χ2n) is 9.62. The van der Waals surface area contributed by atoms with Crippen LogP contribution in [0.15, 0.2) is 23.8 Å². The quantitative estimate of drug-likeness (QED) is 0.420. The van der Waals surface area contributed by atoms with E-state index in [2.05, 4.69) is 53.7 Å². The molecule has 1 N–H and O–H groups in total. The highest BCUT2D eigenvalue weighted by Crippen LogP contribution is 2.54. The van der Waals surface area contributed by atoms with E-state index in [0.29, 0.717) is 29.4 Å². The fourth-order valence-corrected chi connectivity index (χ4v) is 5.14. The van der Waals surface area contributed by atoms with Crippen molar-refractivity contribution >= 4 is 0 Å². The van der Waals surface area contributed by atoms with Crippen LogP contribution in [0, 0.1) is 11.8 Å². The fourth-order valence-electron chi connectivity index (χ4n) is 5.14. The second kappa shape index (κ2) is 7.89. The Bertz CT molecular complexity index is 701. The van der Waals surface area contributed by atoms with Gasteiger partial charge in [-0.15, -0.1) is 0 Å². The molecule has 2 aliphatic rings. The average Bonchev–Trinajstić information content (AvgIpc) is 2.59. The molecule has 4 atom stereocenters. The third kappa shape index (κ3) is 4.05. The number of phenolic OH excluding ortho intramolecular Hbond substituents is 1. The number of hydrogen-bond acceptors (Lipinski definition) is 2. The van der Waals surface area contributed by atoms with Crippen molar-refractivity contribution in [2.45, 2.75) is 97.5 Å². The van der Waals surface area contributed by atoms with Gasteiger partial charge >= 0.3 is 0 Å². The van der Waals surface area contributed by atoms with E-state index in [4.69, 9.17) is 4.74 Å². The SMILES string of the molecule is CCCCC[C@@H](C)[C@H](C)c1cc(O)c2c(c1)OC(C)(C)C1CC=C(C)C[C@@H]21. The molecule has 1 heterocycles. The number of allylic oxidation sites excluding steroid dienone is 2. The minimum absolute atomic E-state index is 0.199. The van der Waals surface area contributed by atoms with E-state index in [1.165, 1.54) is 36.8 Å². The number of fused-ring (bicyclic) bond motifs is 3. The highest BCUT2D eigenvalue weighted by Gasteiger charge is 2.45. The normalized spacial score (nSPS) is 25.6. The predicted octanol–water partition coefficient (Wildman–Crippen LogP) is 7.32. The molecular formula is C25H38O2. The Morgan fingerprint density at radius 1 is 1.22 bits per heavy atom. The molecule has 3 rings (SSSR count). The summed E-state index contributed by atoms with van der Waals surface area (Å²) in [5.74, 6) is 3.18. The Morgan fingerprint density at radius 3 is 2.67 bits per heavy atom. The van der Waals surface area contributed by atoms with Crippen LogP contribution >= 0.6 is 0 Å². The van der Waals surface area contributed by atoms with Crippen LogP contribution in [0.3, 0.4) is 0 Å². The highest BCUT2D eigenvalue weighted by atomic mass is 16.5. The summed E-state index contributed by atoms with van der Waals surface area (Å²) in [6, 6.07) is 4.24. The van der Waals surface area contributed by atoms with Crippen LogP contribution in [0.1, 0.15) is 103 Å². The van der Waals surface area contributed by atoms with Gasteiger partial charge in [-0.1, -0.05) is 58.1 Å². The van der Waals surface area contributed by atoms with E-state index in [1.54, 1.807) is 0 Å². The summed E-state index contributed by atoms with van der Waals surface area (Å²) >= 11 is 0. The lowest BCUT2D eigenvalue weighted by Crippen LogP contribution is -2.45. The van der Waals surface area contributed by atoms with Crippen molar-refractivity contribution in [1.29, 1.82) is 0 Å². The number of benzene rings is 1. The van der Waals surface area contributed by atoms with Crippen molar-refractivity contribution in [2.24, 2.45) is 11.8 Å². The first-order chi connectivity index (χ1) is 12.7. The molecule has 0 radical (unpaired) electrons. The van der Waals surface area contributed by atoms with E-state index in [-0.39, 0.29) is 5.60 Å². The summed E-state index contributed by atoms with van der Waals surface area (Å²) in [6.45, 7) is 13.5. The van der Waals surface area contributed by atoms with Crippen molar-refractivity contribution in [1.82, 2.24) is 0 Å². The molecule has 0 bridgehead atoms. The minimum Gasteiger partial charge on any atom is -0.508 e. The molecule has 0 saturated carbocycles. The number of hydrogen-bond donors (Lipinski definition) is 1. The molecule has 1 aliphatic carbocycles. The van der Waals surface area contributed by atoms with Crippen molar-refractivity contribution < 1.29 is 9.84 Å². The summed E-state index contributed by atoms with van der Waals surface area (Å²) in [5.41, 5.74) is 3.49. The Balaban J connectivity index is 1.91. The van der Waals surface area contributed by atoms with Crippen LogP contribution in [0.25, 0.3) is 0 Å². The Kier molecular flexibility index (Phi) is 5.93. The first kappa shape index (κ1) is 20.3. The summed E-state index contributed by atoms with van der Waals surface area (Å²) in [5, 5.41) is 11.0. The molecule has 1 aromatic carbocycles. The number of aromatic hydroxyl groups is 1. The van der Waals surface area contributed by atoms with Crippen LogP contribution in [0.5, 0.6) is 11.5 Å². The smallest absolute Gasteiger partial charge is 0.127 e. The maximum absolute atomic E-state index is 11.0. The highest BCUT2D eigenvalue weighted by molar-refractivity contribution is 5.53. The lowest BCUT2D eigenvalue weighted by molar-refractivity contribution is 0.00747. The maximum Gasteiger partial charge on any atom is 0.127 e. The van der Waals surface area contributed by atoms with Gasteiger partial charge in [-0.25, -0.2) is 0 Å². The monoisotopic (exact) mass is 370 g/mol. The van der Waals surface area contributed by atoms with Crippen molar-refractivity contribution in [3.63, 3.8) is 0 Å². The molecule has 0 saturated heterocycles. The molecule has 1 unspecified atom stereocenters. The molecule has 0 spiro atoms. The Labute approximate surface area is 166 Å². The van der Waals surface area contributed by atoms with E-state index < -0.39 is 0 Å². The molecule has 1 aliphatic heterocycles. The molecule has 2 nitrogen and oxygen atoms in total. The van der Waals surface area contributed by atoms with Gasteiger partial charge in [0.05, 0.1) is 0 Å². The third-order valence-electron chi connectivity index (χ3n) is 7.17. The third-order valence-corrected chi connectivity index (χ3v) is 7.17. The summed E-state index contributed by atoms with van der Waals surface area (Å²) in [7, 11) is 0. The molecular weight excluding hydrogens is 332 g/mol. The van der Waals surface area contributed by atoms with Gasteiger partial charge in [-0.05, 0) is 63.1 Å². The van der Waals surface area contributed by atoms with Gasteiger partial charge in [0.1, 0.15) is 17.1 Å². The average molecular weight is 371 g/mol.